The van der Waals surface area contributed by atoms with E-state index in [9.17, 15) is 9.59 Å². The van der Waals surface area contributed by atoms with Crippen LogP contribution in [0.3, 0.4) is 0 Å². The van der Waals surface area contributed by atoms with Crippen LogP contribution in [0, 0.1) is 0 Å². The van der Waals surface area contributed by atoms with E-state index in [4.69, 9.17) is 9.84 Å². The van der Waals surface area contributed by atoms with Gasteiger partial charge in [0.05, 0.1) is 12.1 Å². The monoisotopic (exact) mass is 244 g/mol. The molecule has 0 aliphatic rings. The van der Waals surface area contributed by atoms with Gasteiger partial charge in [-0.3, -0.25) is 4.79 Å². The summed E-state index contributed by atoms with van der Waals surface area (Å²) in [6.07, 6.45) is 0. The molecule has 0 fully saturated rings. The molecule has 1 aromatic heterocycles. The molecule has 1 rings (SSSR count). The zero-order valence-electron chi connectivity index (χ0n) is 8.89. The Labute approximate surface area is 96.3 Å². The van der Waals surface area contributed by atoms with Gasteiger partial charge in [0.25, 0.3) is 5.91 Å². The fraction of sp³-hybridized carbons (Fsp3) is 0.444. The maximum absolute atomic E-state index is 11.6. The second-order valence-electron chi connectivity index (χ2n) is 3.17. The number of ether oxygens (including phenoxy) is 1. The number of thiazole rings is 1. The van der Waals surface area contributed by atoms with E-state index >= 15 is 0 Å². The number of rotatable bonds is 5. The summed E-state index contributed by atoms with van der Waals surface area (Å²) in [6.45, 7) is 2.12. The van der Waals surface area contributed by atoms with Gasteiger partial charge >= 0.3 is 5.97 Å². The van der Waals surface area contributed by atoms with E-state index in [1.807, 2.05) is 0 Å². The van der Waals surface area contributed by atoms with E-state index in [2.05, 4.69) is 10.3 Å². The molecule has 0 aliphatic carbocycles. The third-order valence-electron chi connectivity index (χ3n) is 1.77. The van der Waals surface area contributed by atoms with Crippen molar-refractivity contribution in [2.75, 3.05) is 13.7 Å². The van der Waals surface area contributed by atoms with E-state index in [0.717, 1.165) is 11.3 Å². The topological polar surface area (TPSA) is 88.5 Å². The van der Waals surface area contributed by atoms with Crippen molar-refractivity contribution in [3.8, 4) is 0 Å². The molecule has 1 atom stereocenters. The van der Waals surface area contributed by atoms with Crippen molar-refractivity contribution in [2.45, 2.75) is 13.0 Å². The number of methoxy groups -OCH3 is 1. The van der Waals surface area contributed by atoms with Gasteiger partial charge in [-0.05, 0) is 6.92 Å². The second-order valence-corrected chi connectivity index (χ2v) is 4.02. The molecule has 1 aromatic rings. The van der Waals surface area contributed by atoms with Crippen molar-refractivity contribution in [1.29, 1.82) is 0 Å². The first-order valence-corrected chi connectivity index (χ1v) is 5.40. The lowest BCUT2D eigenvalue weighted by molar-refractivity contribution is 0.0694. The maximum Gasteiger partial charge on any atom is 0.348 e. The van der Waals surface area contributed by atoms with Crippen molar-refractivity contribution >= 4 is 23.2 Å². The summed E-state index contributed by atoms with van der Waals surface area (Å²) in [4.78, 5) is 26.1. The van der Waals surface area contributed by atoms with Crippen LogP contribution in [0.25, 0.3) is 0 Å². The fourth-order valence-corrected chi connectivity index (χ4v) is 1.76. The molecular formula is C9H12N2O4S. The van der Waals surface area contributed by atoms with Crippen LogP contribution in [0.15, 0.2) is 5.51 Å². The SMILES string of the molecule is COCC(C)NC(=O)c1ncsc1C(=O)O. The predicted molar refractivity (Wildman–Crippen MR) is 57.9 cm³/mol. The van der Waals surface area contributed by atoms with E-state index < -0.39 is 11.9 Å². The Bertz CT molecular complexity index is 391. The number of carbonyl (C=O) groups excluding carboxylic acids is 1. The minimum atomic E-state index is -1.15. The van der Waals surface area contributed by atoms with Crippen molar-refractivity contribution < 1.29 is 19.4 Å². The average molecular weight is 244 g/mol. The van der Waals surface area contributed by atoms with E-state index in [-0.39, 0.29) is 16.6 Å². The Morgan fingerprint density at radius 2 is 2.38 bits per heavy atom. The van der Waals surface area contributed by atoms with Gasteiger partial charge in [0.1, 0.15) is 4.88 Å². The number of hydrogen-bond acceptors (Lipinski definition) is 5. The summed E-state index contributed by atoms with van der Waals surface area (Å²) < 4.78 is 4.85. The first-order valence-electron chi connectivity index (χ1n) is 4.52. The van der Waals surface area contributed by atoms with E-state index in [1.165, 1.54) is 12.6 Å². The molecule has 88 valence electrons. The van der Waals surface area contributed by atoms with Crippen molar-refractivity contribution in [2.24, 2.45) is 0 Å². The number of hydrogen-bond donors (Lipinski definition) is 2. The van der Waals surface area contributed by atoms with Gasteiger partial charge < -0.3 is 15.2 Å². The van der Waals surface area contributed by atoms with Crippen molar-refractivity contribution in [3.63, 3.8) is 0 Å². The molecule has 1 unspecified atom stereocenters. The highest BCUT2D eigenvalue weighted by atomic mass is 32.1. The Morgan fingerprint density at radius 1 is 1.69 bits per heavy atom. The Balaban J connectivity index is 2.73. The highest BCUT2D eigenvalue weighted by Gasteiger charge is 2.20. The third kappa shape index (κ3) is 3.01. The molecule has 0 bridgehead atoms. The number of carboxylic acids is 1. The number of amides is 1. The van der Waals surface area contributed by atoms with Crippen molar-refractivity contribution in [1.82, 2.24) is 10.3 Å². The highest BCUT2D eigenvalue weighted by molar-refractivity contribution is 7.12. The Morgan fingerprint density at radius 3 is 2.94 bits per heavy atom. The molecule has 0 aliphatic heterocycles. The molecule has 16 heavy (non-hydrogen) atoms. The lowest BCUT2D eigenvalue weighted by Crippen LogP contribution is -2.36. The van der Waals surface area contributed by atoms with Gasteiger partial charge in [-0.25, -0.2) is 9.78 Å². The van der Waals surface area contributed by atoms with Crippen LogP contribution >= 0.6 is 11.3 Å². The lowest BCUT2D eigenvalue weighted by Gasteiger charge is -2.11. The van der Waals surface area contributed by atoms with Gasteiger partial charge in [0, 0.05) is 13.2 Å². The summed E-state index contributed by atoms with van der Waals surface area (Å²) in [6, 6.07) is -0.194. The number of nitrogens with one attached hydrogen (secondary N) is 1. The molecule has 1 heterocycles. The number of carboxylic acid groups (broad SMARTS) is 1. The minimum absolute atomic E-state index is 0.0536. The van der Waals surface area contributed by atoms with Crippen LogP contribution in [0.4, 0.5) is 0 Å². The summed E-state index contributed by atoms with van der Waals surface area (Å²) in [7, 11) is 1.52. The second kappa shape index (κ2) is 5.57. The Kier molecular flexibility index (Phi) is 4.39. The van der Waals surface area contributed by atoms with E-state index in [0.29, 0.717) is 6.61 Å². The molecule has 0 saturated carbocycles. The molecule has 2 N–H and O–H groups in total. The van der Waals surface area contributed by atoms with Crippen molar-refractivity contribution in [3.05, 3.63) is 16.1 Å². The van der Waals surface area contributed by atoms with Crippen LogP contribution in [0.5, 0.6) is 0 Å². The predicted octanol–water partition coefficient (Wildman–Crippen LogP) is 0.606. The highest BCUT2D eigenvalue weighted by Crippen LogP contribution is 2.13. The molecule has 0 saturated heterocycles. The normalized spacial score (nSPS) is 12.1. The van der Waals surface area contributed by atoms with Gasteiger partial charge in [-0.2, -0.15) is 0 Å². The zero-order valence-corrected chi connectivity index (χ0v) is 9.71. The number of carbonyl (C=O) groups is 2. The molecular weight excluding hydrogens is 232 g/mol. The first kappa shape index (κ1) is 12.6. The van der Waals surface area contributed by atoms with Gasteiger partial charge in [0.15, 0.2) is 5.69 Å². The number of aromatic carboxylic acids is 1. The molecule has 7 heteroatoms. The molecule has 0 radical (unpaired) electrons. The van der Waals surface area contributed by atoms with Gasteiger partial charge in [-0.15, -0.1) is 11.3 Å². The van der Waals surface area contributed by atoms with Crippen LogP contribution in [-0.4, -0.2) is 41.7 Å². The molecule has 0 aromatic carbocycles. The smallest absolute Gasteiger partial charge is 0.348 e. The zero-order chi connectivity index (χ0) is 12.1. The number of nitrogens with zero attached hydrogens (tertiary/aromatic N) is 1. The quantitative estimate of drug-likeness (QED) is 0.792. The van der Waals surface area contributed by atoms with Gasteiger partial charge in [0.2, 0.25) is 0 Å². The summed E-state index contributed by atoms with van der Waals surface area (Å²) in [5, 5.41) is 11.4. The molecule has 1 amide bonds. The van der Waals surface area contributed by atoms with Crippen LogP contribution < -0.4 is 5.32 Å². The summed E-state index contributed by atoms with van der Waals surface area (Å²) in [5.41, 5.74) is 1.28. The summed E-state index contributed by atoms with van der Waals surface area (Å²) in [5.74, 6) is -1.64. The Hall–Kier alpha value is -1.47. The van der Waals surface area contributed by atoms with Crippen LogP contribution in [-0.2, 0) is 4.74 Å². The number of aromatic nitrogens is 1. The van der Waals surface area contributed by atoms with Crippen LogP contribution in [0.2, 0.25) is 0 Å². The largest absolute Gasteiger partial charge is 0.477 e. The first-order chi connectivity index (χ1) is 7.56. The molecule has 0 spiro atoms. The minimum Gasteiger partial charge on any atom is -0.477 e. The fourth-order valence-electron chi connectivity index (χ4n) is 1.14. The van der Waals surface area contributed by atoms with Gasteiger partial charge in [-0.1, -0.05) is 0 Å². The summed E-state index contributed by atoms with van der Waals surface area (Å²) >= 11 is 0.924. The average Bonchev–Trinajstić information content (AvgIpc) is 2.65. The molecule has 6 nitrogen and oxygen atoms in total. The van der Waals surface area contributed by atoms with Crippen LogP contribution in [0.1, 0.15) is 27.1 Å². The van der Waals surface area contributed by atoms with E-state index in [1.54, 1.807) is 6.92 Å². The maximum atomic E-state index is 11.6. The standard InChI is InChI=1S/C9H12N2O4S/c1-5(3-15-2)11-8(12)6-7(9(13)14)16-4-10-6/h4-5H,3H2,1-2H3,(H,11,12)(H,13,14). The lowest BCUT2D eigenvalue weighted by atomic mass is 10.3. The third-order valence-corrected chi connectivity index (χ3v) is 2.59.